The zero-order chi connectivity index (χ0) is 18.4. The largest absolute Gasteiger partial charge is 0.357 e. The molecule has 1 saturated heterocycles. The van der Waals surface area contributed by atoms with Crippen LogP contribution in [0, 0.1) is 5.92 Å². The predicted octanol–water partition coefficient (Wildman–Crippen LogP) is 3.68. The average Bonchev–Trinajstić information content (AvgIpc) is 2.67. The van der Waals surface area contributed by atoms with Crippen molar-refractivity contribution in [2.45, 2.75) is 33.2 Å². The van der Waals surface area contributed by atoms with E-state index in [1.54, 1.807) is 6.20 Å². The smallest absolute Gasteiger partial charge is 0.257 e. The van der Waals surface area contributed by atoms with Crippen molar-refractivity contribution in [1.82, 2.24) is 10.3 Å². The quantitative estimate of drug-likeness (QED) is 0.833. The van der Waals surface area contributed by atoms with Crippen molar-refractivity contribution in [1.29, 1.82) is 0 Å². The summed E-state index contributed by atoms with van der Waals surface area (Å²) in [6, 6.07) is 11.7. The molecule has 0 atom stereocenters. The second-order valence-electron chi connectivity index (χ2n) is 7.01. The third-order valence-corrected chi connectivity index (χ3v) is 4.88. The van der Waals surface area contributed by atoms with Gasteiger partial charge in [0, 0.05) is 31.5 Å². The van der Waals surface area contributed by atoms with E-state index >= 15 is 0 Å². The molecule has 1 aliphatic rings. The minimum atomic E-state index is -0.128. The Hall–Kier alpha value is -2.40. The Morgan fingerprint density at radius 1 is 1.23 bits per heavy atom. The summed E-state index contributed by atoms with van der Waals surface area (Å²) in [5.41, 5.74) is 2.54. The molecule has 138 valence electrons. The molecule has 0 spiro atoms. The number of nitrogens with zero attached hydrogens (tertiary/aromatic N) is 2. The number of carbonyl (C=O) groups is 1. The second-order valence-corrected chi connectivity index (χ2v) is 7.01. The van der Waals surface area contributed by atoms with Crippen LogP contribution in [0.4, 0.5) is 11.5 Å². The van der Waals surface area contributed by atoms with Gasteiger partial charge in [-0.1, -0.05) is 26.0 Å². The van der Waals surface area contributed by atoms with Crippen molar-refractivity contribution < 1.29 is 4.79 Å². The molecular weight excluding hydrogens is 324 g/mol. The second kappa shape index (κ2) is 8.81. The van der Waals surface area contributed by atoms with E-state index in [0.29, 0.717) is 5.56 Å². The molecule has 2 N–H and O–H groups in total. The van der Waals surface area contributed by atoms with Gasteiger partial charge >= 0.3 is 0 Å². The highest BCUT2D eigenvalue weighted by molar-refractivity contribution is 6.04. The third-order valence-electron chi connectivity index (χ3n) is 4.88. The molecular formula is C21H28N4O. The monoisotopic (exact) mass is 352 g/mol. The Morgan fingerprint density at radius 3 is 2.73 bits per heavy atom. The van der Waals surface area contributed by atoms with E-state index in [0.717, 1.165) is 49.2 Å². The van der Waals surface area contributed by atoms with Gasteiger partial charge in [0.2, 0.25) is 0 Å². The Kier molecular flexibility index (Phi) is 6.23. The molecule has 26 heavy (non-hydrogen) atoms. The summed E-state index contributed by atoms with van der Waals surface area (Å²) in [6.07, 6.45) is 4.07. The van der Waals surface area contributed by atoms with Crippen LogP contribution in [0.25, 0.3) is 0 Å². The van der Waals surface area contributed by atoms with Gasteiger partial charge in [0.1, 0.15) is 5.82 Å². The Balaban J connectivity index is 1.61. The highest BCUT2D eigenvalue weighted by Gasteiger charge is 2.17. The van der Waals surface area contributed by atoms with E-state index in [9.17, 15) is 4.79 Å². The highest BCUT2D eigenvalue weighted by atomic mass is 16.1. The summed E-state index contributed by atoms with van der Waals surface area (Å²) >= 11 is 0. The molecule has 0 bridgehead atoms. The maximum Gasteiger partial charge on any atom is 0.257 e. The Morgan fingerprint density at radius 2 is 2.04 bits per heavy atom. The first kappa shape index (κ1) is 18.4. The maximum atomic E-state index is 12.5. The Labute approximate surface area is 155 Å². The molecule has 5 nitrogen and oxygen atoms in total. The number of pyridine rings is 1. The van der Waals surface area contributed by atoms with Crippen LogP contribution in [0.3, 0.4) is 0 Å². The number of amides is 1. The molecule has 1 fully saturated rings. The first-order chi connectivity index (χ1) is 12.7. The standard InChI is InChI=1S/C21H28N4O/c1-3-22-14-17-5-4-6-19(13-17)24-21(26)18-7-8-20(23-15-18)25-11-9-16(2)10-12-25/h4-8,13,15-16,22H,3,9-12,14H2,1-2H3,(H,24,26). The number of carbonyl (C=O) groups excluding carboxylic acids is 1. The normalized spacial score (nSPS) is 15.1. The van der Waals surface area contributed by atoms with E-state index in [1.165, 1.54) is 12.8 Å². The van der Waals surface area contributed by atoms with E-state index in [4.69, 9.17) is 0 Å². The lowest BCUT2D eigenvalue weighted by molar-refractivity contribution is 0.102. The van der Waals surface area contributed by atoms with Crippen molar-refractivity contribution in [3.8, 4) is 0 Å². The van der Waals surface area contributed by atoms with Gasteiger partial charge in [0.05, 0.1) is 5.56 Å². The lowest BCUT2D eigenvalue weighted by Gasteiger charge is -2.31. The number of anilines is 2. The van der Waals surface area contributed by atoms with E-state index in [-0.39, 0.29) is 5.91 Å². The third kappa shape index (κ3) is 4.82. The first-order valence-corrected chi connectivity index (χ1v) is 9.47. The first-order valence-electron chi connectivity index (χ1n) is 9.47. The van der Waals surface area contributed by atoms with Crippen LogP contribution >= 0.6 is 0 Å². The van der Waals surface area contributed by atoms with Crippen LogP contribution in [0.2, 0.25) is 0 Å². The molecule has 0 unspecified atom stereocenters. The number of aromatic nitrogens is 1. The van der Waals surface area contributed by atoms with Gasteiger partial charge in [0.15, 0.2) is 0 Å². The zero-order valence-corrected chi connectivity index (χ0v) is 15.7. The van der Waals surface area contributed by atoms with Gasteiger partial charge in [-0.2, -0.15) is 0 Å². The molecule has 0 aliphatic carbocycles. The van der Waals surface area contributed by atoms with Crippen molar-refractivity contribution in [2.24, 2.45) is 5.92 Å². The fraction of sp³-hybridized carbons (Fsp3) is 0.429. The van der Waals surface area contributed by atoms with Crippen molar-refractivity contribution in [3.63, 3.8) is 0 Å². The number of nitrogens with one attached hydrogen (secondary N) is 2. The van der Waals surface area contributed by atoms with Crippen molar-refractivity contribution >= 4 is 17.4 Å². The fourth-order valence-electron chi connectivity index (χ4n) is 3.18. The van der Waals surface area contributed by atoms with Gasteiger partial charge in [-0.05, 0) is 55.1 Å². The predicted molar refractivity (Wildman–Crippen MR) is 107 cm³/mol. The van der Waals surface area contributed by atoms with Crippen LogP contribution in [-0.2, 0) is 6.54 Å². The topological polar surface area (TPSA) is 57.3 Å². The SMILES string of the molecule is CCNCc1cccc(NC(=O)c2ccc(N3CCC(C)CC3)nc2)c1. The molecule has 1 aromatic carbocycles. The minimum Gasteiger partial charge on any atom is -0.357 e. The molecule has 1 aliphatic heterocycles. The fourth-order valence-corrected chi connectivity index (χ4v) is 3.18. The van der Waals surface area contributed by atoms with Crippen LogP contribution in [0.5, 0.6) is 0 Å². The van der Waals surface area contributed by atoms with E-state index < -0.39 is 0 Å². The van der Waals surface area contributed by atoms with E-state index in [2.05, 4.69) is 34.4 Å². The van der Waals surface area contributed by atoms with Crippen LogP contribution in [-0.4, -0.2) is 30.5 Å². The Bertz CT molecular complexity index is 721. The highest BCUT2D eigenvalue weighted by Crippen LogP contribution is 2.21. The average molecular weight is 352 g/mol. The molecule has 5 heteroatoms. The number of hydrogen-bond donors (Lipinski definition) is 2. The molecule has 2 heterocycles. The molecule has 0 saturated carbocycles. The van der Waals surface area contributed by atoms with Gasteiger partial charge in [0.25, 0.3) is 5.91 Å². The number of hydrogen-bond acceptors (Lipinski definition) is 4. The maximum absolute atomic E-state index is 12.5. The molecule has 2 aromatic rings. The summed E-state index contributed by atoms with van der Waals surface area (Å²) in [4.78, 5) is 19.3. The van der Waals surface area contributed by atoms with Crippen molar-refractivity contribution in [3.05, 3.63) is 53.7 Å². The van der Waals surface area contributed by atoms with Crippen LogP contribution in [0.1, 0.15) is 42.6 Å². The molecule has 1 aromatic heterocycles. The van der Waals surface area contributed by atoms with E-state index in [1.807, 2.05) is 36.4 Å². The van der Waals surface area contributed by atoms with Crippen LogP contribution < -0.4 is 15.5 Å². The van der Waals surface area contributed by atoms with Gasteiger partial charge in [-0.15, -0.1) is 0 Å². The lowest BCUT2D eigenvalue weighted by Crippen LogP contribution is -2.33. The molecule has 1 amide bonds. The summed E-state index contributed by atoms with van der Waals surface area (Å²) in [6.45, 7) is 8.17. The number of benzene rings is 1. The minimum absolute atomic E-state index is 0.128. The zero-order valence-electron chi connectivity index (χ0n) is 15.7. The van der Waals surface area contributed by atoms with Gasteiger partial charge in [-0.3, -0.25) is 4.79 Å². The van der Waals surface area contributed by atoms with Gasteiger partial charge in [-0.25, -0.2) is 4.98 Å². The van der Waals surface area contributed by atoms with Crippen LogP contribution in [0.15, 0.2) is 42.6 Å². The summed E-state index contributed by atoms with van der Waals surface area (Å²) in [7, 11) is 0. The number of piperidine rings is 1. The van der Waals surface area contributed by atoms with Crippen molar-refractivity contribution in [2.75, 3.05) is 29.9 Å². The summed E-state index contributed by atoms with van der Waals surface area (Å²) in [5.74, 6) is 1.62. The summed E-state index contributed by atoms with van der Waals surface area (Å²) in [5, 5.41) is 6.25. The summed E-state index contributed by atoms with van der Waals surface area (Å²) < 4.78 is 0. The molecule has 3 rings (SSSR count). The molecule has 0 radical (unpaired) electrons. The van der Waals surface area contributed by atoms with Gasteiger partial charge < -0.3 is 15.5 Å². The number of rotatable bonds is 6. The lowest BCUT2D eigenvalue weighted by atomic mass is 9.99.